The third-order valence-electron chi connectivity index (χ3n) is 4.26. The summed E-state index contributed by atoms with van der Waals surface area (Å²) in [5, 5.41) is 5.59. The lowest BCUT2D eigenvalue weighted by Gasteiger charge is -2.24. The van der Waals surface area contributed by atoms with Crippen molar-refractivity contribution in [2.24, 2.45) is 11.5 Å². The van der Waals surface area contributed by atoms with Crippen LogP contribution in [-0.4, -0.2) is 34.4 Å². The number of rotatable bonds is 6. The predicted molar refractivity (Wildman–Crippen MR) is 102 cm³/mol. The van der Waals surface area contributed by atoms with Crippen molar-refractivity contribution in [3.8, 4) is 12.5 Å². The van der Waals surface area contributed by atoms with E-state index in [1.54, 1.807) is 0 Å². The minimum atomic E-state index is -0.687. The number of amides is 2. The summed E-state index contributed by atoms with van der Waals surface area (Å²) in [6.07, 6.45) is 8.17. The molecule has 0 spiro atoms. The first kappa shape index (κ1) is 18.0. The molecule has 1 aliphatic heterocycles. The number of primary amides is 2. The summed E-state index contributed by atoms with van der Waals surface area (Å²) in [4.78, 5) is 33.3. The van der Waals surface area contributed by atoms with Crippen molar-refractivity contribution in [2.75, 3.05) is 22.1 Å². The number of hydrogen-bond donors (Lipinski definition) is 4. The van der Waals surface area contributed by atoms with Gasteiger partial charge >= 0.3 is 0 Å². The number of terminal acetylenes is 1. The summed E-state index contributed by atoms with van der Waals surface area (Å²) in [5.74, 6) is -0.635. The number of carbonyl (C=O) groups excluding carboxylic acids is 2. The number of carbonyl (C=O) groups is 2. The predicted octanol–water partition coefficient (Wildman–Crippen LogP) is 0.776. The lowest BCUT2D eigenvalue weighted by molar-refractivity contribution is -0.119. The Balaban J connectivity index is 1.84. The molecule has 1 atom stereocenters. The zero-order chi connectivity index (χ0) is 19.4. The van der Waals surface area contributed by atoms with Gasteiger partial charge < -0.3 is 21.7 Å². The van der Waals surface area contributed by atoms with Crippen LogP contribution in [0.5, 0.6) is 0 Å². The normalized spacial score (nSPS) is 15.8. The summed E-state index contributed by atoms with van der Waals surface area (Å²) in [6, 6.07) is 9.37. The highest BCUT2D eigenvalue weighted by Crippen LogP contribution is 2.28. The lowest BCUT2D eigenvalue weighted by Crippen LogP contribution is -2.40. The van der Waals surface area contributed by atoms with Crippen molar-refractivity contribution in [3.05, 3.63) is 36.0 Å². The number of nitrogens with zero attached hydrogens (tertiary/aromatic N) is 3. The molecule has 2 aromatic rings. The van der Waals surface area contributed by atoms with Gasteiger partial charge in [0, 0.05) is 30.2 Å². The molecule has 0 radical (unpaired) electrons. The first-order chi connectivity index (χ1) is 13.0. The fourth-order valence-corrected chi connectivity index (χ4v) is 3.05. The Labute approximate surface area is 156 Å². The summed E-state index contributed by atoms with van der Waals surface area (Å²) >= 11 is 0. The van der Waals surface area contributed by atoms with E-state index in [4.69, 9.17) is 17.9 Å². The molecular weight excluding hydrogens is 346 g/mol. The van der Waals surface area contributed by atoms with Crippen molar-refractivity contribution < 1.29 is 9.59 Å². The molecule has 0 aliphatic carbocycles. The van der Waals surface area contributed by atoms with Crippen molar-refractivity contribution in [1.82, 2.24) is 9.97 Å². The van der Waals surface area contributed by atoms with E-state index < -0.39 is 5.91 Å². The second-order valence-electron chi connectivity index (χ2n) is 6.02. The van der Waals surface area contributed by atoms with Crippen LogP contribution in [0, 0.1) is 12.5 Å². The third-order valence-corrected chi connectivity index (χ3v) is 4.26. The maximum atomic E-state index is 11.6. The zero-order valence-corrected chi connectivity index (χ0v) is 14.5. The van der Waals surface area contributed by atoms with Gasteiger partial charge in [0.25, 0.3) is 5.91 Å². The molecule has 27 heavy (non-hydrogen) atoms. The van der Waals surface area contributed by atoms with Crippen LogP contribution < -0.4 is 27.0 Å². The highest BCUT2D eigenvalue weighted by molar-refractivity contribution is 5.97. The fourth-order valence-electron chi connectivity index (χ4n) is 3.05. The molecule has 1 aromatic carbocycles. The third kappa shape index (κ3) is 3.90. The van der Waals surface area contributed by atoms with E-state index in [2.05, 4.69) is 26.6 Å². The van der Waals surface area contributed by atoms with Gasteiger partial charge in [-0.15, -0.1) is 0 Å². The van der Waals surface area contributed by atoms with Crippen LogP contribution in [0.15, 0.2) is 30.5 Å². The molecule has 1 aliphatic rings. The van der Waals surface area contributed by atoms with Crippen LogP contribution in [0.25, 0.3) is 0 Å². The SMILES string of the molecule is C#CNc1nc(Nc2cccc(N3CCC[C@@H]3C(N)=O)c2)ncc1C(N)=O. The number of benzene rings is 1. The van der Waals surface area contributed by atoms with Crippen molar-refractivity contribution >= 4 is 35.0 Å². The molecule has 1 aromatic heterocycles. The van der Waals surface area contributed by atoms with E-state index in [9.17, 15) is 9.59 Å². The molecule has 2 amide bonds. The van der Waals surface area contributed by atoms with E-state index in [-0.39, 0.29) is 29.3 Å². The number of aromatic nitrogens is 2. The van der Waals surface area contributed by atoms with Crippen molar-refractivity contribution in [2.45, 2.75) is 18.9 Å². The number of nitrogens with two attached hydrogens (primary N) is 2. The van der Waals surface area contributed by atoms with Gasteiger partial charge in [-0.2, -0.15) is 4.98 Å². The van der Waals surface area contributed by atoms with Crippen LogP contribution in [-0.2, 0) is 4.79 Å². The topological polar surface area (TPSA) is 139 Å². The van der Waals surface area contributed by atoms with Gasteiger partial charge in [0.2, 0.25) is 11.9 Å². The molecule has 138 valence electrons. The van der Waals surface area contributed by atoms with Crippen LogP contribution in [0.2, 0.25) is 0 Å². The Bertz CT molecular complexity index is 922. The standard InChI is InChI=1S/C18H19N7O2/c1-2-21-17-13(15(19)26)10-22-18(24-17)23-11-5-3-6-12(9-11)25-8-4-7-14(25)16(20)27/h1,3,5-6,9-10,14H,4,7-8H2,(H2,19,26)(H2,20,27)(H2,21,22,23,24)/t14-/m1/s1. The van der Waals surface area contributed by atoms with Gasteiger partial charge in [0.1, 0.15) is 11.6 Å². The van der Waals surface area contributed by atoms with E-state index in [0.717, 1.165) is 25.1 Å². The smallest absolute Gasteiger partial charge is 0.254 e. The molecule has 1 saturated heterocycles. The summed E-state index contributed by atoms with van der Waals surface area (Å²) in [5.41, 5.74) is 12.5. The highest BCUT2D eigenvalue weighted by atomic mass is 16.1. The first-order valence-electron chi connectivity index (χ1n) is 8.31. The average Bonchev–Trinajstić information content (AvgIpc) is 3.12. The Morgan fingerprint density at radius 3 is 2.85 bits per heavy atom. The zero-order valence-electron chi connectivity index (χ0n) is 14.5. The summed E-state index contributed by atoms with van der Waals surface area (Å²) in [6.45, 7) is 0.761. The molecule has 0 unspecified atom stereocenters. The van der Waals surface area contributed by atoms with Crippen LogP contribution in [0.4, 0.5) is 23.1 Å². The molecule has 9 heteroatoms. The largest absolute Gasteiger partial charge is 0.368 e. The Morgan fingerprint density at radius 2 is 2.15 bits per heavy atom. The first-order valence-corrected chi connectivity index (χ1v) is 8.31. The Kier molecular flexibility index (Phi) is 5.08. The maximum Gasteiger partial charge on any atom is 0.254 e. The molecule has 1 fully saturated rings. The van der Waals surface area contributed by atoms with Gasteiger partial charge in [-0.3, -0.25) is 14.9 Å². The average molecular weight is 365 g/mol. The molecular formula is C18H19N7O2. The van der Waals surface area contributed by atoms with Crippen LogP contribution in [0.1, 0.15) is 23.2 Å². The second kappa shape index (κ2) is 7.61. The summed E-state index contributed by atoms with van der Waals surface area (Å²) in [7, 11) is 0. The summed E-state index contributed by atoms with van der Waals surface area (Å²) < 4.78 is 0. The van der Waals surface area contributed by atoms with E-state index in [0.29, 0.717) is 5.69 Å². The molecule has 0 bridgehead atoms. The monoisotopic (exact) mass is 365 g/mol. The maximum absolute atomic E-state index is 11.6. The van der Waals surface area contributed by atoms with Gasteiger partial charge in [0.05, 0.1) is 0 Å². The van der Waals surface area contributed by atoms with Crippen molar-refractivity contribution in [1.29, 1.82) is 0 Å². The number of hydrogen-bond acceptors (Lipinski definition) is 7. The second-order valence-corrected chi connectivity index (χ2v) is 6.02. The molecule has 9 nitrogen and oxygen atoms in total. The number of anilines is 4. The van der Waals surface area contributed by atoms with Gasteiger partial charge in [-0.05, 0) is 31.0 Å². The van der Waals surface area contributed by atoms with Crippen molar-refractivity contribution in [3.63, 3.8) is 0 Å². The molecule has 0 saturated carbocycles. The van der Waals surface area contributed by atoms with E-state index in [1.807, 2.05) is 29.2 Å². The molecule has 6 N–H and O–H groups in total. The number of nitrogens with one attached hydrogen (secondary N) is 2. The van der Waals surface area contributed by atoms with Crippen LogP contribution >= 0.6 is 0 Å². The fraction of sp³-hybridized carbons (Fsp3) is 0.222. The lowest BCUT2D eigenvalue weighted by atomic mass is 10.2. The Hall–Kier alpha value is -3.80. The quantitative estimate of drug-likeness (QED) is 0.438. The van der Waals surface area contributed by atoms with E-state index >= 15 is 0 Å². The Morgan fingerprint density at radius 1 is 1.33 bits per heavy atom. The minimum absolute atomic E-state index is 0.0913. The molecule has 3 rings (SSSR count). The van der Waals surface area contributed by atoms with Crippen LogP contribution in [0.3, 0.4) is 0 Å². The highest BCUT2D eigenvalue weighted by Gasteiger charge is 2.29. The minimum Gasteiger partial charge on any atom is -0.368 e. The molecule has 2 heterocycles. The van der Waals surface area contributed by atoms with Gasteiger partial charge in [0.15, 0.2) is 5.82 Å². The van der Waals surface area contributed by atoms with Gasteiger partial charge in [-0.1, -0.05) is 12.5 Å². The van der Waals surface area contributed by atoms with E-state index in [1.165, 1.54) is 6.20 Å². The van der Waals surface area contributed by atoms with Gasteiger partial charge in [-0.25, -0.2) is 4.98 Å².